The SMILES string of the molecule is C[C@@H]1CCC[C@]2(C)c3cc(OCc4ccccc4)ccc3CC[C@H]12. The first kappa shape index (κ1) is 15.7. The van der Waals surface area contributed by atoms with Crippen molar-refractivity contribution in [3.63, 3.8) is 0 Å². The second-order valence-corrected chi connectivity index (χ2v) is 8.03. The molecule has 3 atom stereocenters. The van der Waals surface area contributed by atoms with Crippen molar-refractivity contribution in [2.24, 2.45) is 11.8 Å². The Bertz CT molecular complexity index is 705. The van der Waals surface area contributed by atoms with E-state index >= 15 is 0 Å². The summed E-state index contributed by atoms with van der Waals surface area (Å²) in [6.45, 7) is 5.62. The van der Waals surface area contributed by atoms with Crippen molar-refractivity contribution in [3.8, 4) is 5.75 Å². The lowest BCUT2D eigenvalue weighted by Gasteiger charge is -2.49. The molecule has 2 aromatic rings. The van der Waals surface area contributed by atoms with Crippen LogP contribution < -0.4 is 4.74 Å². The summed E-state index contributed by atoms with van der Waals surface area (Å²) in [6.07, 6.45) is 6.69. The highest BCUT2D eigenvalue weighted by atomic mass is 16.5. The zero-order valence-electron chi connectivity index (χ0n) is 14.9. The van der Waals surface area contributed by atoms with Crippen LogP contribution in [-0.2, 0) is 18.4 Å². The third kappa shape index (κ3) is 2.75. The second kappa shape index (κ2) is 6.27. The Labute approximate surface area is 146 Å². The smallest absolute Gasteiger partial charge is 0.120 e. The van der Waals surface area contributed by atoms with Crippen molar-refractivity contribution >= 4 is 0 Å². The van der Waals surface area contributed by atoms with Crippen LogP contribution in [0.3, 0.4) is 0 Å². The van der Waals surface area contributed by atoms with Crippen molar-refractivity contribution < 1.29 is 4.74 Å². The molecular formula is C23H28O. The van der Waals surface area contributed by atoms with E-state index in [0.717, 1.165) is 17.6 Å². The van der Waals surface area contributed by atoms with Gasteiger partial charge in [-0.15, -0.1) is 0 Å². The third-order valence-electron chi connectivity index (χ3n) is 6.53. The molecule has 2 aliphatic rings. The van der Waals surface area contributed by atoms with Gasteiger partial charge in [0.05, 0.1) is 0 Å². The summed E-state index contributed by atoms with van der Waals surface area (Å²) in [5.74, 6) is 2.71. The van der Waals surface area contributed by atoms with E-state index in [1.54, 1.807) is 11.1 Å². The summed E-state index contributed by atoms with van der Waals surface area (Å²) in [4.78, 5) is 0. The molecule has 0 radical (unpaired) electrons. The summed E-state index contributed by atoms with van der Waals surface area (Å²) >= 11 is 0. The average Bonchev–Trinajstić information content (AvgIpc) is 2.61. The summed E-state index contributed by atoms with van der Waals surface area (Å²) in [5.41, 5.74) is 4.69. The summed E-state index contributed by atoms with van der Waals surface area (Å²) in [5, 5.41) is 0. The maximum absolute atomic E-state index is 6.11. The highest BCUT2D eigenvalue weighted by molar-refractivity contribution is 5.43. The normalized spacial score (nSPS) is 28.8. The second-order valence-electron chi connectivity index (χ2n) is 8.03. The summed E-state index contributed by atoms with van der Waals surface area (Å²) in [6, 6.07) is 17.3. The summed E-state index contributed by atoms with van der Waals surface area (Å²) in [7, 11) is 0. The maximum Gasteiger partial charge on any atom is 0.120 e. The van der Waals surface area contributed by atoms with E-state index in [4.69, 9.17) is 4.74 Å². The first-order chi connectivity index (χ1) is 11.7. The van der Waals surface area contributed by atoms with Crippen LogP contribution in [0.4, 0.5) is 0 Å². The van der Waals surface area contributed by atoms with Gasteiger partial charge in [0.1, 0.15) is 12.4 Å². The number of hydrogen-bond donors (Lipinski definition) is 0. The Kier molecular flexibility index (Phi) is 4.12. The van der Waals surface area contributed by atoms with E-state index in [9.17, 15) is 0 Å². The van der Waals surface area contributed by atoms with E-state index in [2.05, 4.69) is 56.3 Å². The Hall–Kier alpha value is -1.76. The van der Waals surface area contributed by atoms with Crippen LogP contribution in [0.25, 0.3) is 0 Å². The molecule has 1 saturated carbocycles. The number of ether oxygens (including phenoxy) is 1. The zero-order chi connectivity index (χ0) is 16.6. The van der Waals surface area contributed by atoms with E-state index in [0.29, 0.717) is 12.0 Å². The molecule has 0 amide bonds. The lowest BCUT2D eigenvalue weighted by molar-refractivity contribution is 0.117. The fourth-order valence-electron chi connectivity index (χ4n) is 5.19. The van der Waals surface area contributed by atoms with Crippen molar-refractivity contribution in [2.45, 2.75) is 58.0 Å². The lowest BCUT2D eigenvalue weighted by Crippen LogP contribution is -2.43. The number of aryl methyl sites for hydroxylation is 1. The monoisotopic (exact) mass is 320 g/mol. The van der Waals surface area contributed by atoms with Crippen molar-refractivity contribution in [1.82, 2.24) is 0 Å². The van der Waals surface area contributed by atoms with Gasteiger partial charge in [-0.1, -0.05) is 63.1 Å². The fraction of sp³-hybridized carbons (Fsp3) is 0.478. The van der Waals surface area contributed by atoms with Crippen LogP contribution >= 0.6 is 0 Å². The molecule has 2 aromatic carbocycles. The van der Waals surface area contributed by atoms with Crippen molar-refractivity contribution in [3.05, 3.63) is 65.2 Å². The molecule has 126 valence electrons. The maximum atomic E-state index is 6.11. The molecule has 0 heterocycles. The number of benzene rings is 2. The van der Waals surface area contributed by atoms with E-state index in [1.165, 1.54) is 37.7 Å². The van der Waals surface area contributed by atoms with Gasteiger partial charge in [0.25, 0.3) is 0 Å². The highest BCUT2D eigenvalue weighted by Gasteiger charge is 2.44. The molecule has 24 heavy (non-hydrogen) atoms. The van der Waals surface area contributed by atoms with Gasteiger partial charge < -0.3 is 4.74 Å². The molecule has 0 saturated heterocycles. The fourth-order valence-corrected chi connectivity index (χ4v) is 5.19. The molecule has 1 heteroatoms. The number of hydrogen-bond acceptors (Lipinski definition) is 1. The molecule has 0 aliphatic heterocycles. The molecule has 1 nitrogen and oxygen atoms in total. The van der Waals surface area contributed by atoms with Gasteiger partial charge in [-0.2, -0.15) is 0 Å². The molecule has 1 fully saturated rings. The topological polar surface area (TPSA) is 9.23 Å². The van der Waals surface area contributed by atoms with Gasteiger partial charge in [0.15, 0.2) is 0 Å². The predicted octanol–water partition coefficient (Wildman–Crippen LogP) is 5.91. The number of fused-ring (bicyclic) bond motifs is 3. The predicted molar refractivity (Wildman–Crippen MR) is 99.4 cm³/mol. The Morgan fingerprint density at radius 1 is 1.08 bits per heavy atom. The zero-order valence-corrected chi connectivity index (χ0v) is 14.9. The van der Waals surface area contributed by atoms with Gasteiger partial charge in [0, 0.05) is 0 Å². The first-order valence-corrected chi connectivity index (χ1v) is 9.47. The largest absolute Gasteiger partial charge is 0.489 e. The molecule has 0 bridgehead atoms. The van der Waals surface area contributed by atoms with Crippen LogP contribution in [0.2, 0.25) is 0 Å². The van der Waals surface area contributed by atoms with E-state index < -0.39 is 0 Å². The van der Waals surface area contributed by atoms with E-state index in [-0.39, 0.29) is 0 Å². The molecule has 0 N–H and O–H groups in total. The quantitative estimate of drug-likeness (QED) is 0.683. The van der Waals surface area contributed by atoms with Crippen LogP contribution in [-0.4, -0.2) is 0 Å². The van der Waals surface area contributed by atoms with Crippen LogP contribution in [0.15, 0.2) is 48.5 Å². The van der Waals surface area contributed by atoms with Crippen LogP contribution in [0.1, 0.15) is 56.2 Å². The molecule has 0 spiro atoms. The van der Waals surface area contributed by atoms with Gasteiger partial charge in [0.2, 0.25) is 0 Å². The first-order valence-electron chi connectivity index (χ1n) is 9.47. The van der Waals surface area contributed by atoms with Crippen LogP contribution in [0, 0.1) is 11.8 Å². The van der Waals surface area contributed by atoms with E-state index in [1.807, 2.05) is 6.07 Å². The number of rotatable bonds is 3. The van der Waals surface area contributed by atoms with Gasteiger partial charge in [-0.05, 0) is 65.3 Å². The lowest BCUT2D eigenvalue weighted by atomic mass is 9.55. The Morgan fingerprint density at radius 3 is 2.75 bits per heavy atom. The minimum Gasteiger partial charge on any atom is -0.489 e. The molecular weight excluding hydrogens is 292 g/mol. The Morgan fingerprint density at radius 2 is 1.92 bits per heavy atom. The third-order valence-corrected chi connectivity index (χ3v) is 6.53. The minimum atomic E-state index is 0.345. The Balaban J connectivity index is 1.60. The molecule has 0 unspecified atom stereocenters. The van der Waals surface area contributed by atoms with Crippen LogP contribution in [0.5, 0.6) is 5.75 Å². The highest BCUT2D eigenvalue weighted by Crippen LogP contribution is 2.52. The standard InChI is InChI=1S/C23H28O/c1-17-7-6-14-23(2)21(17)13-11-19-10-12-20(15-22(19)23)24-16-18-8-4-3-5-9-18/h3-5,8-10,12,15,17,21H,6-7,11,13-14,16H2,1-2H3/t17-,21-,23+/m1/s1. The molecule has 4 rings (SSSR count). The average molecular weight is 320 g/mol. The molecule has 2 aliphatic carbocycles. The van der Waals surface area contributed by atoms with Gasteiger partial charge in [-0.3, -0.25) is 0 Å². The van der Waals surface area contributed by atoms with Crippen molar-refractivity contribution in [2.75, 3.05) is 0 Å². The van der Waals surface area contributed by atoms with Crippen molar-refractivity contribution in [1.29, 1.82) is 0 Å². The molecule has 0 aromatic heterocycles. The van der Waals surface area contributed by atoms with Gasteiger partial charge in [-0.25, -0.2) is 0 Å². The van der Waals surface area contributed by atoms with Gasteiger partial charge >= 0.3 is 0 Å². The summed E-state index contributed by atoms with van der Waals surface area (Å²) < 4.78 is 6.11. The minimum absolute atomic E-state index is 0.345.